The van der Waals surface area contributed by atoms with Crippen LogP contribution in [0.15, 0.2) is 18.2 Å². The van der Waals surface area contributed by atoms with Crippen molar-refractivity contribution in [2.24, 2.45) is 0 Å². The Kier molecular flexibility index (Phi) is 5.36. The van der Waals surface area contributed by atoms with E-state index in [1.54, 1.807) is 0 Å². The van der Waals surface area contributed by atoms with Crippen molar-refractivity contribution in [1.29, 1.82) is 0 Å². The third-order valence-corrected chi connectivity index (χ3v) is 2.55. The number of hydrogen-bond donors (Lipinski definition) is 2. The van der Waals surface area contributed by atoms with Crippen LogP contribution in [0.1, 0.15) is 30.9 Å². The molecular formula is C14H19NO4. The molecule has 0 radical (unpaired) electrons. The number of ether oxygens (including phenoxy) is 1. The molecule has 0 bridgehead atoms. The Labute approximate surface area is 112 Å². The summed E-state index contributed by atoms with van der Waals surface area (Å²) in [6.45, 7) is 5.54. The minimum atomic E-state index is -1.08. The summed E-state index contributed by atoms with van der Waals surface area (Å²) < 4.78 is 5.37. The summed E-state index contributed by atoms with van der Waals surface area (Å²) in [6.07, 6.45) is 0. The van der Waals surface area contributed by atoms with Gasteiger partial charge in [0.25, 0.3) is 5.91 Å². The predicted molar refractivity (Wildman–Crippen MR) is 71.4 cm³/mol. The topological polar surface area (TPSA) is 75.6 Å². The summed E-state index contributed by atoms with van der Waals surface area (Å²) in [5, 5.41) is 10.7. The Hall–Kier alpha value is -2.04. The van der Waals surface area contributed by atoms with E-state index in [2.05, 4.69) is 25.2 Å². The number of benzene rings is 1. The van der Waals surface area contributed by atoms with Gasteiger partial charge in [0, 0.05) is 0 Å². The molecular weight excluding hydrogens is 246 g/mol. The van der Waals surface area contributed by atoms with Crippen molar-refractivity contribution in [3.63, 3.8) is 0 Å². The summed E-state index contributed by atoms with van der Waals surface area (Å²) in [5.41, 5.74) is 2.20. The van der Waals surface area contributed by atoms with Crippen molar-refractivity contribution in [2.45, 2.75) is 26.7 Å². The number of aliphatic carboxylic acids is 1. The van der Waals surface area contributed by atoms with Crippen LogP contribution in [0.25, 0.3) is 0 Å². The molecule has 5 heteroatoms. The number of rotatable bonds is 6. The third-order valence-electron chi connectivity index (χ3n) is 2.55. The van der Waals surface area contributed by atoms with E-state index >= 15 is 0 Å². The lowest BCUT2D eigenvalue weighted by Crippen LogP contribution is -2.33. The van der Waals surface area contributed by atoms with E-state index in [1.165, 1.54) is 0 Å². The van der Waals surface area contributed by atoms with Gasteiger partial charge in [-0.05, 0) is 36.1 Å². The van der Waals surface area contributed by atoms with Crippen LogP contribution in [-0.4, -0.2) is 30.1 Å². The highest BCUT2D eigenvalue weighted by molar-refractivity contribution is 5.82. The molecule has 0 heterocycles. The van der Waals surface area contributed by atoms with Gasteiger partial charge in [0.15, 0.2) is 6.61 Å². The van der Waals surface area contributed by atoms with Gasteiger partial charge in [0.1, 0.15) is 12.3 Å². The van der Waals surface area contributed by atoms with E-state index in [1.807, 2.05) is 19.1 Å². The monoisotopic (exact) mass is 265 g/mol. The fourth-order valence-corrected chi connectivity index (χ4v) is 1.57. The average Bonchev–Trinajstić information content (AvgIpc) is 2.33. The lowest BCUT2D eigenvalue weighted by Gasteiger charge is -2.11. The molecule has 2 N–H and O–H groups in total. The Morgan fingerprint density at radius 3 is 2.58 bits per heavy atom. The van der Waals surface area contributed by atoms with Gasteiger partial charge in [-0.3, -0.25) is 9.59 Å². The second-order valence-electron chi connectivity index (χ2n) is 4.69. The largest absolute Gasteiger partial charge is 0.484 e. The molecule has 0 saturated heterocycles. The van der Waals surface area contributed by atoms with Gasteiger partial charge in [-0.15, -0.1) is 0 Å². The second-order valence-corrected chi connectivity index (χ2v) is 4.69. The molecule has 104 valence electrons. The molecule has 1 rings (SSSR count). The van der Waals surface area contributed by atoms with Gasteiger partial charge in [-0.25, -0.2) is 0 Å². The standard InChI is InChI=1S/C14H19NO4/c1-9(2)11-4-10(3)5-12(6-11)19-8-13(16)15-7-14(17)18/h4-6,9H,7-8H2,1-3H3,(H,15,16)(H,17,18). The average molecular weight is 265 g/mol. The number of carbonyl (C=O) groups excluding carboxylic acids is 1. The van der Waals surface area contributed by atoms with Crippen LogP contribution in [0, 0.1) is 6.92 Å². The van der Waals surface area contributed by atoms with Crippen molar-refractivity contribution in [1.82, 2.24) is 5.32 Å². The molecule has 5 nitrogen and oxygen atoms in total. The molecule has 0 spiro atoms. The Morgan fingerprint density at radius 2 is 2.00 bits per heavy atom. The van der Waals surface area contributed by atoms with Crippen LogP contribution in [-0.2, 0) is 9.59 Å². The first kappa shape index (κ1) is 15.0. The summed E-state index contributed by atoms with van der Waals surface area (Å²) in [5.74, 6) is -0.529. The minimum Gasteiger partial charge on any atom is -0.484 e. The fourth-order valence-electron chi connectivity index (χ4n) is 1.57. The molecule has 0 fully saturated rings. The van der Waals surface area contributed by atoms with E-state index in [4.69, 9.17) is 9.84 Å². The molecule has 0 atom stereocenters. The molecule has 19 heavy (non-hydrogen) atoms. The first-order valence-corrected chi connectivity index (χ1v) is 6.11. The third kappa shape index (κ3) is 5.42. The molecule has 0 saturated carbocycles. The van der Waals surface area contributed by atoms with Gasteiger partial charge < -0.3 is 15.2 Å². The maximum Gasteiger partial charge on any atom is 0.322 e. The number of nitrogens with one attached hydrogen (secondary N) is 1. The molecule has 0 unspecified atom stereocenters. The van der Waals surface area contributed by atoms with Crippen LogP contribution in [0.5, 0.6) is 5.75 Å². The van der Waals surface area contributed by atoms with E-state index in [0.717, 1.165) is 11.1 Å². The molecule has 1 aromatic rings. The lowest BCUT2D eigenvalue weighted by molar-refractivity contribution is -0.138. The first-order valence-electron chi connectivity index (χ1n) is 6.11. The van der Waals surface area contributed by atoms with Crippen LogP contribution < -0.4 is 10.1 Å². The van der Waals surface area contributed by atoms with E-state index < -0.39 is 18.4 Å². The van der Waals surface area contributed by atoms with Crippen molar-refractivity contribution in [2.75, 3.05) is 13.2 Å². The summed E-state index contributed by atoms with van der Waals surface area (Å²) in [7, 11) is 0. The van der Waals surface area contributed by atoms with Gasteiger partial charge in [-0.2, -0.15) is 0 Å². The van der Waals surface area contributed by atoms with Crippen LogP contribution in [0.2, 0.25) is 0 Å². The van der Waals surface area contributed by atoms with Crippen LogP contribution >= 0.6 is 0 Å². The van der Waals surface area contributed by atoms with Gasteiger partial charge in [0.2, 0.25) is 0 Å². The number of aryl methyl sites for hydroxylation is 1. The number of hydrogen-bond acceptors (Lipinski definition) is 3. The molecule has 0 aliphatic heterocycles. The maximum atomic E-state index is 11.3. The summed E-state index contributed by atoms with van der Waals surface area (Å²) in [4.78, 5) is 21.6. The van der Waals surface area contributed by atoms with E-state index in [0.29, 0.717) is 11.7 Å². The fraction of sp³-hybridized carbons (Fsp3) is 0.429. The van der Waals surface area contributed by atoms with Crippen molar-refractivity contribution >= 4 is 11.9 Å². The van der Waals surface area contributed by atoms with Crippen LogP contribution in [0.4, 0.5) is 0 Å². The smallest absolute Gasteiger partial charge is 0.322 e. The second kappa shape index (κ2) is 6.78. The summed E-state index contributed by atoms with van der Waals surface area (Å²) >= 11 is 0. The molecule has 1 aromatic carbocycles. The molecule has 0 aromatic heterocycles. The van der Waals surface area contributed by atoms with Crippen LogP contribution in [0.3, 0.4) is 0 Å². The summed E-state index contributed by atoms with van der Waals surface area (Å²) in [6, 6.07) is 5.81. The zero-order valence-corrected chi connectivity index (χ0v) is 11.4. The highest BCUT2D eigenvalue weighted by Gasteiger charge is 2.07. The molecule has 0 aliphatic carbocycles. The minimum absolute atomic E-state index is 0.186. The highest BCUT2D eigenvalue weighted by Crippen LogP contribution is 2.22. The van der Waals surface area contributed by atoms with Crippen molar-refractivity contribution in [3.05, 3.63) is 29.3 Å². The number of carbonyl (C=O) groups is 2. The normalized spacial score (nSPS) is 10.3. The Balaban J connectivity index is 2.57. The number of carboxylic acid groups (broad SMARTS) is 1. The Bertz CT molecular complexity index is 469. The van der Waals surface area contributed by atoms with Crippen molar-refractivity contribution in [3.8, 4) is 5.75 Å². The maximum absolute atomic E-state index is 11.3. The van der Waals surface area contributed by atoms with E-state index in [-0.39, 0.29) is 6.61 Å². The highest BCUT2D eigenvalue weighted by atomic mass is 16.5. The van der Waals surface area contributed by atoms with Gasteiger partial charge in [0.05, 0.1) is 0 Å². The zero-order valence-electron chi connectivity index (χ0n) is 11.4. The number of carboxylic acids is 1. The van der Waals surface area contributed by atoms with Gasteiger partial charge in [-0.1, -0.05) is 19.9 Å². The lowest BCUT2D eigenvalue weighted by atomic mass is 10.0. The first-order chi connectivity index (χ1) is 8.88. The number of amides is 1. The molecule has 0 aliphatic rings. The van der Waals surface area contributed by atoms with Crippen molar-refractivity contribution < 1.29 is 19.4 Å². The Morgan fingerprint density at radius 1 is 1.32 bits per heavy atom. The SMILES string of the molecule is Cc1cc(OCC(=O)NCC(=O)O)cc(C(C)C)c1. The quantitative estimate of drug-likeness (QED) is 0.820. The zero-order chi connectivity index (χ0) is 14.4. The van der Waals surface area contributed by atoms with E-state index in [9.17, 15) is 9.59 Å². The predicted octanol–water partition coefficient (Wildman–Crippen LogP) is 1.70. The molecule has 1 amide bonds. The van der Waals surface area contributed by atoms with Gasteiger partial charge >= 0.3 is 5.97 Å².